The summed E-state index contributed by atoms with van der Waals surface area (Å²) in [6, 6.07) is 10.7. The Morgan fingerprint density at radius 3 is 3.03 bits per heavy atom. The largest absolute Gasteiger partial charge is 0.465 e. The molecule has 0 saturated carbocycles. The van der Waals surface area contributed by atoms with E-state index in [1.54, 1.807) is 27.7 Å². The van der Waals surface area contributed by atoms with Crippen LogP contribution in [0.3, 0.4) is 0 Å². The van der Waals surface area contributed by atoms with Crippen LogP contribution in [0.25, 0.3) is 16.5 Å². The lowest BCUT2D eigenvalue weighted by Crippen LogP contribution is -2.33. The number of hydrogen-bond donors (Lipinski definition) is 0. The summed E-state index contributed by atoms with van der Waals surface area (Å²) in [6.45, 7) is 0.647. The second kappa shape index (κ2) is 6.21. The number of benzene rings is 1. The van der Waals surface area contributed by atoms with Crippen LogP contribution in [0.15, 0.2) is 47.1 Å². The summed E-state index contributed by atoms with van der Waals surface area (Å²) in [7, 11) is 1.27. The third kappa shape index (κ3) is 2.56. The molecule has 0 N–H and O–H groups in total. The Balaban J connectivity index is 1.53. The number of fused-ring (bicyclic) bond motifs is 1. The molecule has 29 heavy (non-hydrogen) atoms. The summed E-state index contributed by atoms with van der Waals surface area (Å²) in [5.41, 5.74) is 3.22. The van der Waals surface area contributed by atoms with Gasteiger partial charge in [-0.2, -0.15) is 10.4 Å². The first-order valence-electron chi connectivity index (χ1n) is 8.88. The molecule has 4 heterocycles. The number of nitrogens with zero attached hydrogens (tertiary/aromatic N) is 4. The lowest BCUT2D eigenvalue weighted by Gasteiger charge is -2.25. The monoisotopic (exact) mass is 386 g/mol. The molecule has 4 aromatic rings. The predicted molar refractivity (Wildman–Crippen MR) is 101 cm³/mol. The molecule has 0 atom stereocenters. The highest BCUT2D eigenvalue weighted by atomic mass is 16.5. The van der Waals surface area contributed by atoms with E-state index in [9.17, 15) is 14.9 Å². The smallest absolute Gasteiger partial charge is 0.341 e. The van der Waals surface area contributed by atoms with Gasteiger partial charge in [0.05, 0.1) is 42.6 Å². The van der Waals surface area contributed by atoms with Crippen molar-refractivity contribution >= 4 is 28.4 Å². The van der Waals surface area contributed by atoms with Gasteiger partial charge in [0.2, 0.25) is 0 Å². The fourth-order valence-electron chi connectivity index (χ4n) is 3.77. The van der Waals surface area contributed by atoms with Crippen molar-refractivity contribution in [1.29, 1.82) is 5.26 Å². The minimum Gasteiger partial charge on any atom is -0.465 e. The Kier molecular flexibility index (Phi) is 3.64. The molecule has 8 heteroatoms. The van der Waals surface area contributed by atoms with E-state index in [1.165, 1.54) is 13.2 Å². The van der Waals surface area contributed by atoms with Crippen LogP contribution in [-0.2, 0) is 17.8 Å². The van der Waals surface area contributed by atoms with Crippen LogP contribution in [0, 0.1) is 11.3 Å². The minimum atomic E-state index is -0.585. The Morgan fingerprint density at radius 2 is 2.24 bits per heavy atom. The molecule has 3 aromatic heterocycles. The highest BCUT2D eigenvalue weighted by Gasteiger charge is 2.28. The topological polar surface area (TPSA) is 101 Å². The number of rotatable bonds is 3. The summed E-state index contributed by atoms with van der Waals surface area (Å²) in [6.07, 6.45) is 3.38. The van der Waals surface area contributed by atoms with Crippen LogP contribution in [0.2, 0.25) is 0 Å². The number of carbonyl (C=O) groups is 2. The number of carbonyl (C=O) groups excluding carboxylic acids is 2. The summed E-state index contributed by atoms with van der Waals surface area (Å²) in [5.74, 6) is -0.209. The van der Waals surface area contributed by atoms with Gasteiger partial charge in [-0.1, -0.05) is 6.07 Å². The van der Waals surface area contributed by atoms with Gasteiger partial charge in [-0.05, 0) is 29.8 Å². The van der Waals surface area contributed by atoms with E-state index >= 15 is 0 Å². The van der Waals surface area contributed by atoms with E-state index in [0.29, 0.717) is 34.4 Å². The van der Waals surface area contributed by atoms with E-state index in [-0.39, 0.29) is 18.0 Å². The van der Waals surface area contributed by atoms with Crippen molar-refractivity contribution in [3.63, 3.8) is 0 Å². The van der Waals surface area contributed by atoms with E-state index in [0.717, 1.165) is 11.1 Å². The number of ether oxygens (including phenoxy) is 1. The number of hydrogen-bond acceptors (Lipinski definition) is 6. The van der Waals surface area contributed by atoms with E-state index < -0.39 is 5.97 Å². The third-order valence-corrected chi connectivity index (χ3v) is 5.05. The lowest BCUT2D eigenvalue weighted by molar-refractivity contribution is 0.0600. The van der Waals surface area contributed by atoms with E-state index in [2.05, 4.69) is 5.10 Å². The predicted octanol–water partition coefficient (Wildman–Crippen LogP) is 2.89. The molecule has 1 aromatic carbocycles. The van der Waals surface area contributed by atoms with Gasteiger partial charge < -0.3 is 14.1 Å². The van der Waals surface area contributed by atoms with Crippen molar-refractivity contribution in [2.45, 2.75) is 13.1 Å². The molecule has 1 aliphatic heterocycles. The molecule has 0 saturated heterocycles. The average Bonchev–Trinajstić information content (AvgIpc) is 3.35. The van der Waals surface area contributed by atoms with Crippen molar-refractivity contribution in [3.05, 3.63) is 70.7 Å². The van der Waals surface area contributed by atoms with Crippen molar-refractivity contribution in [2.24, 2.45) is 0 Å². The Hall–Kier alpha value is -4.12. The van der Waals surface area contributed by atoms with Crippen molar-refractivity contribution in [2.75, 3.05) is 7.11 Å². The molecule has 0 unspecified atom stereocenters. The zero-order chi connectivity index (χ0) is 20.1. The summed E-state index contributed by atoms with van der Waals surface area (Å²) in [5, 5.41) is 14.1. The fourth-order valence-corrected chi connectivity index (χ4v) is 3.77. The normalized spacial score (nSPS) is 13.1. The fraction of sp³-hybridized carbons (Fsp3) is 0.143. The molecule has 0 radical (unpaired) electrons. The first kappa shape index (κ1) is 17.0. The molecule has 8 nitrogen and oxygen atoms in total. The summed E-state index contributed by atoms with van der Waals surface area (Å²) < 4.78 is 12.4. The molecule has 0 aliphatic carbocycles. The molecule has 0 spiro atoms. The molecule has 142 valence electrons. The molecule has 1 amide bonds. The number of furan rings is 1. The standard InChI is InChI=1S/C21H14N4O4/c1-28-21(27)16-6-12(8-22)5-14-7-15(29-19(14)16)11-24-10-13-3-2-4-25-18(13)17(9-23-25)20(24)26/h2-7,9H,10-11H2,1H3. The first-order valence-corrected chi connectivity index (χ1v) is 8.88. The second-order valence-corrected chi connectivity index (χ2v) is 6.80. The lowest BCUT2D eigenvalue weighted by atomic mass is 10.1. The van der Waals surface area contributed by atoms with Gasteiger partial charge in [0.1, 0.15) is 16.9 Å². The SMILES string of the molecule is COC(=O)c1cc(C#N)cc2cc(CN3Cc4cccn5ncc(c45)C3=O)oc12. The molecule has 0 bridgehead atoms. The maximum Gasteiger partial charge on any atom is 0.341 e. The maximum absolute atomic E-state index is 12.9. The van der Waals surface area contributed by atoms with Crippen LogP contribution in [-0.4, -0.2) is 33.5 Å². The first-order chi connectivity index (χ1) is 14.1. The van der Waals surface area contributed by atoms with Gasteiger partial charge in [-0.3, -0.25) is 4.79 Å². The number of pyridine rings is 1. The molecule has 1 aliphatic rings. The van der Waals surface area contributed by atoms with Crippen LogP contribution in [0.5, 0.6) is 0 Å². The highest BCUT2D eigenvalue weighted by molar-refractivity contribution is 6.04. The second-order valence-electron chi connectivity index (χ2n) is 6.80. The minimum absolute atomic E-state index is 0.134. The molecular weight excluding hydrogens is 372 g/mol. The van der Waals surface area contributed by atoms with Crippen LogP contribution in [0.4, 0.5) is 0 Å². The Bertz CT molecular complexity index is 1360. The van der Waals surface area contributed by atoms with E-state index in [4.69, 9.17) is 9.15 Å². The zero-order valence-electron chi connectivity index (χ0n) is 15.4. The van der Waals surface area contributed by atoms with Gasteiger partial charge >= 0.3 is 5.97 Å². The van der Waals surface area contributed by atoms with E-state index in [1.807, 2.05) is 24.4 Å². The quantitative estimate of drug-likeness (QED) is 0.502. The van der Waals surface area contributed by atoms with Gasteiger partial charge in [-0.25, -0.2) is 9.31 Å². The highest BCUT2D eigenvalue weighted by Crippen LogP contribution is 2.30. The summed E-state index contributed by atoms with van der Waals surface area (Å²) >= 11 is 0. The van der Waals surface area contributed by atoms with Crippen LogP contribution < -0.4 is 0 Å². The van der Waals surface area contributed by atoms with Crippen molar-refractivity contribution in [1.82, 2.24) is 14.5 Å². The Morgan fingerprint density at radius 1 is 1.38 bits per heavy atom. The number of esters is 1. The molecule has 0 fully saturated rings. The molecular formula is C21H14N4O4. The van der Waals surface area contributed by atoms with Gasteiger partial charge in [0, 0.05) is 18.1 Å². The number of aromatic nitrogens is 2. The van der Waals surface area contributed by atoms with Crippen molar-refractivity contribution < 1.29 is 18.7 Å². The third-order valence-electron chi connectivity index (χ3n) is 5.05. The van der Waals surface area contributed by atoms with Crippen molar-refractivity contribution in [3.8, 4) is 6.07 Å². The van der Waals surface area contributed by atoms with Gasteiger partial charge in [0.15, 0.2) is 0 Å². The Labute approximate surface area is 164 Å². The number of methoxy groups -OCH3 is 1. The zero-order valence-corrected chi connectivity index (χ0v) is 15.4. The maximum atomic E-state index is 12.9. The summed E-state index contributed by atoms with van der Waals surface area (Å²) in [4.78, 5) is 26.7. The number of nitriles is 1. The van der Waals surface area contributed by atoms with Crippen LogP contribution in [0.1, 0.15) is 37.6 Å². The molecule has 5 rings (SSSR count). The van der Waals surface area contributed by atoms with Crippen LogP contribution >= 0.6 is 0 Å². The number of amides is 1. The van der Waals surface area contributed by atoms with Gasteiger partial charge in [-0.15, -0.1) is 0 Å². The average molecular weight is 386 g/mol. The van der Waals surface area contributed by atoms with Gasteiger partial charge in [0.25, 0.3) is 5.91 Å².